The summed E-state index contributed by atoms with van der Waals surface area (Å²) in [5.41, 5.74) is 0.666. The first-order valence-corrected chi connectivity index (χ1v) is 7.64. The number of hydrogen-bond acceptors (Lipinski definition) is 3. The average Bonchev–Trinajstić information content (AvgIpc) is 2.24. The van der Waals surface area contributed by atoms with E-state index in [0.29, 0.717) is 11.1 Å². The number of aliphatic carboxylic acids is 1. The van der Waals surface area contributed by atoms with Crippen LogP contribution in [0.5, 0.6) is 0 Å². The zero-order valence-corrected chi connectivity index (χ0v) is 12.6. The molecular formula is C13H20N2O4S. The lowest BCUT2D eigenvalue weighted by molar-refractivity contribution is -0.136. The van der Waals surface area contributed by atoms with Crippen molar-refractivity contribution in [2.75, 3.05) is 0 Å². The van der Waals surface area contributed by atoms with Gasteiger partial charge in [0.2, 0.25) is 0 Å². The molecule has 0 aliphatic carbocycles. The summed E-state index contributed by atoms with van der Waals surface area (Å²) >= 11 is 0. The van der Waals surface area contributed by atoms with Crippen molar-refractivity contribution in [1.29, 1.82) is 0 Å². The molecule has 112 valence electrons. The van der Waals surface area contributed by atoms with Crippen molar-refractivity contribution in [2.24, 2.45) is 0 Å². The van der Waals surface area contributed by atoms with Crippen molar-refractivity contribution in [2.45, 2.75) is 39.3 Å². The summed E-state index contributed by atoms with van der Waals surface area (Å²) in [7, 11) is -3.63. The second kappa shape index (κ2) is 6.34. The maximum Gasteiger partial charge on any atom is 0.307 e. The van der Waals surface area contributed by atoms with Crippen LogP contribution < -0.4 is 9.44 Å². The van der Waals surface area contributed by atoms with E-state index in [1.165, 1.54) is 0 Å². The second-order valence-electron chi connectivity index (χ2n) is 5.52. The fourth-order valence-corrected chi connectivity index (χ4v) is 2.90. The summed E-state index contributed by atoms with van der Waals surface area (Å²) in [5.74, 6) is -0.951. The van der Waals surface area contributed by atoms with E-state index in [1.54, 1.807) is 45.0 Å². The first-order chi connectivity index (χ1) is 9.09. The lowest BCUT2D eigenvalue weighted by atomic mass is 10.1. The molecule has 0 amide bonds. The Balaban J connectivity index is 2.78. The van der Waals surface area contributed by atoms with Crippen molar-refractivity contribution in [1.82, 2.24) is 9.44 Å². The summed E-state index contributed by atoms with van der Waals surface area (Å²) in [6.45, 7) is 5.27. The smallest absolute Gasteiger partial charge is 0.307 e. The topological polar surface area (TPSA) is 95.5 Å². The van der Waals surface area contributed by atoms with Crippen LogP contribution in [0, 0.1) is 0 Å². The molecule has 0 atom stereocenters. The molecule has 0 saturated heterocycles. The highest BCUT2D eigenvalue weighted by Crippen LogP contribution is 2.10. The molecule has 1 rings (SSSR count). The molecule has 0 aromatic heterocycles. The van der Waals surface area contributed by atoms with Crippen LogP contribution >= 0.6 is 0 Å². The van der Waals surface area contributed by atoms with Crippen molar-refractivity contribution in [3.8, 4) is 0 Å². The molecule has 0 radical (unpaired) electrons. The molecule has 0 spiro atoms. The highest BCUT2D eigenvalue weighted by atomic mass is 32.2. The van der Waals surface area contributed by atoms with Crippen LogP contribution in [0.1, 0.15) is 31.9 Å². The lowest BCUT2D eigenvalue weighted by Crippen LogP contribution is -2.46. The molecule has 0 bridgehead atoms. The van der Waals surface area contributed by atoms with Crippen LogP contribution in [0.25, 0.3) is 0 Å². The number of nitrogens with one attached hydrogen (secondary N) is 2. The van der Waals surface area contributed by atoms with Gasteiger partial charge in [-0.25, -0.2) is 0 Å². The Hall–Kier alpha value is -1.44. The van der Waals surface area contributed by atoms with Gasteiger partial charge in [0.15, 0.2) is 0 Å². The molecule has 3 N–H and O–H groups in total. The van der Waals surface area contributed by atoms with Crippen molar-refractivity contribution >= 4 is 16.2 Å². The quantitative estimate of drug-likeness (QED) is 0.731. The zero-order valence-electron chi connectivity index (χ0n) is 11.8. The fourth-order valence-electron chi connectivity index (χ4n) is 1.68. The summed E-state index contributed by atoms with van der Waals surface area (Å²) in [6, 6.07) is 6.85. The third-order valence-corrected chi connectivity index (χ3v) is 3.76. The minimum absolute atomic E-state index is 0.0505. The molecule has 1 aromatic rings. The van der Waals surface area contributed by atoms with Crippen molar-refractivity contribution < 1.29 is 18.3 Å². The third-order valence-electron chi connectivity index (χ3n) is 2.35. The molecule has 20 heavy (non-hydrogen) atoms. The summed E-state index contributed by atoms with van der Waals surface area (Å²) in [6.07, 6.45) is -0.134. The first kappa shape index (κ1) is 16.6. The zero-order chi connectivity index (χ0) is 15.4. The lowest BCUT2D eigenvalue weighted by Gasteiger charge is -2.20. The van der Waals surface area contributed by atoms with Gasteiger partial charge in [0.25, 0.3) is 10.2 Å². The van der Waals surface area contributed by atoms with Crippen LogP contribution in [0.3, 0.4) is 0 Å². The van der Waals surface area contributed by atoms with Gasteiger partial charge in [-0.3, -0.25) is 4.79 Å². The third kappa shape index (κ3) is 6.14. The van der Waals surface area contributed by atoms with Gasteiger partial charge >= 0.3 is 5.97 Å². The average molecular weight is 300 g/mol. The highest BCUT2D eigenvalue weighted by molar-refractivity contribution is 7.87. The standard InChI is InChI=1S/C13H20N2O4S/c1-13(2,3)15-20(18,19)14-9-11-7-5-4-6-10(11)8-12(16)17/h4-7,14-15H,8-9H2,1-3H3,(H,16,17). The van der Waals surface area contributed by atoms with E-state index in [1.807, 2.05) is 0 Å². The van der Waals surface area contributed by atoms with Crippen LogP contribution in [-0.4, -0.2) is 25.0 Å². The Labute approximate surface area is 119 Å². The van der Waals surface area contributed by atoms with Gasteiger partial charge in [-0.05, 0) is 31.9 Å². The Bertz CT molecular complexity index is 576. The molecule has 7 heteroatoms. The molecule has 1 aromatic carbocycles. The Morgan fingerprint density at radius 3 is 2.25 bits per heavy atom. The molecule has 0 aliphatic heterocycles. The minimum atomic E-state index is -3.63. The predicted molar refractivity (Wildman–Crippen MR) is 76.4 cm³/mol. The van der Waals surface area contributed by atoms with Gasteiger partial charge < -0.3 is 5.11 Å². The number of rotatable bonds is 6. The van der Waals surface area contributed by atoms with Gasteiger partial charge in [-0.2, -0.15) is 17.9 Å². The van der Waals surface area contributed by atoms with Crippen molar-refractivity contribution in [3.63, 3.8) is 0 Å². The van der Waals surface area contributed by atoms with E-state index in [9.17, 15) is 13.2 Å². The molecule has 0 saturated carbocycles. The fraction of sp³-hybridized carbons (Fsp3) is 0.462. The van der Waals surface area contributed by atoms with Gasteiger partial charge in [0, 0.05) is 12.1 Å². The van der Waals surface area contributed by atoms with E-state index in [-0.39, 0.29) is 13.0 Å². The first-order valence-electron chi connectivity index (χ1n) is 6.16. The number of benzene rings is 1. The normalized spacial score (nSPS) is 12.3. The number of hydrogen-bond donors (Lipinski definition) is 3. The van der Waals surface area contributed by atoms with E-state index in [4.69, 9.17) is 5.11 Å². The molecular weight excluding hydrogens is 280 g/mol. The highest BCUT2D eigenvalue weighted by Gasteiger charge is 2.19. The number of carboxylic acid groups (broad SMARTS) is 1. The molecule has 0 fully saturated rings. The molecule has 0 unspecified atom stereocenters. The van der Waals surface area contributed by atoms with Crippen LogP contribution in [-0.2, 0) is 28.0 Å². The van der Waals surface area contributed by atoms with Crippen molar-refractivity contribution in [3.05, 3.63) is 35.4 Å². The van der Waals surface area contributed by atoms with Gasteiger partial charge in [-0.1, -0.05) is 24.3 Å². The van der Waals surface area contributed by atoms with E-state index >= 15 is 0 Å². The summed E-state index contributed by atoms with van der Waals surface area (Å²) < 4.78 is 28.5. The Morgan fingerprint density at radius 2 is 1.75 bits per heavy atom. The Kier molecular flexibility index (Phi) is 5.27. The maximum atomic E-state index is 11.8. The molecule has 0 aliphatic rings. The summed E-state index contributed by atoms with van der Waals surface area (Å²) in [5, 5.41) is 8.82. The predicted octanol–water partition coefficient (Wildman–Crippen LogP) is 1.04. The van der Waals surface area contributed by atoms with E-state index in [0.717, 1.165) is 0 Å². The number of carboxylic acids is 1. The van der Waals surface area contributed by atoms with Gasteiger partial charge in [0.1, 0.15) is 0 Å². The second-order valence-corrected chi connectivity index (χ2v) is 7.02. The SMILES string of the molecule is CC(C)(C)NS(=O)(=O)NCc1ccccc1CC(=O)O. The minimum Gasteiger partial charge on any atom is -0.481 e. The van der Waals surface area contributed by atoms with E-state index < -0.39 is 21.7 Å². The van der Waals surface area contributed by atoms with E-state index in [2.05, 4.69) is 9.44 Å². The molecule has 6 nitrogen and oxygen atoms in total. The summed E-state index contributed by atoms with van der Waals surface area (Å²) in [4.78, 5) is 10.8. The molecule has 0 heterocycles. The largest absolute Gasteiger partial charge is 0.481 e. The van der Waals surface area contributed by atoms with Crippen LogP contribution in [0.15, 0.2) is 24.3 Å². The monoisotopic (exact) mass is 300 g/mol. The van der Waals surface area contributed by atoms with Crippen LogP contribution in [0.4, 0.5) is 0 Å². The van der Waals surface area contributed by atoms with Gasteiger partial charge in [0.05, 0.1) is 6.42 Å². The maximum absolute atomic E-state index is 11.8. The van der Waals surface area contributed by atoms with Crippen LogP contribution in [0.2, 0.25) is 0 Å². The number of carbonyl (C=O) groups is 1. The Morgan fingerprint density at radius 1 is 1.20 bits per heavy atom. The van der Waals surface area contributed by atoms with Gasteiger partial charge in [-0.15, -0.1) is 0 Å².